The largest absolute Gasteiger partial charge is 0.493 e. The number of esters is 2. The van der Waals surface area contributed by atoms with Crippen molar-refractivity contribution in [1.29, 1.82) is 0 Å². The zero-order valence-electron chi connectivity index (χ0n) is 22.9. The topological polar surface area (TPSA) is 65.1 Å². The molecule has 0 unspecified atom stereocenters. The van der Waals surface area contributed by atoms with Gasteiger partial charge >= 0.3 is 11.9 Å². The lowest BCUT2D eigenvalue weighted by molar-refractivity contribution is -0.160. The molecule has 1 fully saturated rings. The van der Waals surface area contributed by atoms with E-state index in [0.29, 0.717) is 24.7 Å². The lowest BCUT2D eigenvalue weighted by atomic mass is 10.1. The molecule has 0 spiro atoms. The van der Waals surface area contributed by atoms with E-state index >= 15 is 0 Å². The zero-order chi connectivity index (χ0) is 25.8. The Bertz CT molecular complexity index is 695. The molecule has 6 heteroatoms. The summed E-state index contributed by atoms with van der Waals surface area (Å²) in [5.74, 6) is 0.372. The molecule has 1 aliphatic rings. The van der Waals surface area contributed by atoms with Crippen LogP contribution in [0.2, 0.25) is 0 Å². The highest BCUT2D eigenvalue weighted by Crippen LogP contribution is 2.30. The van der Waals surface area contributed by atoms with Crippen molar-refractivity contribution in [3.63, 3.8) is 0 Å². The van der Waals surface area contributed by atoms with Gasteiger partial charge in [0.15, 0.2) is 0 Å². The average Bonchev–Trinajstić information content (AvgIpc) is 2.86. The van der Waals surface area contributed by atoms with Gasteiger partial charge in [0.25, 0.3) is 0 Å². The molecule has 6 nitrogen and oxygen atoms in total. The van der Waals surface area contributed by atoms with Crippen molar-refractivity contribution in [1.82, 2.24) is 0 Å². The van der Waals surface area contributed by atoms with E-state index in [1.54, 1.807) is 4.90 Å². The predicted octanol–water partition coefficient (Wildman–Crippen LogP) is 7.62. The fourth-order valence-electron chi connectivity index (χ4n) is 4.50. The summed E-state index contributed by atoms with van der Waals surface area (Å²) in [6.45, 7) is 5.88. The quantitative estimate of drug-likeness (QED) is 0.0977. The van der Waals surface area contributed by atoms with Gasteiger partial charge in [-0.3, -0.25) is 0 Å². The smallest absolute Gasteiger partial charge is 0.333 e. The second kappa shape index (κ2) is 18.9. The minimum absolute atomic E-state index is 0.0463. The van der Waals surface area contributed by atoms with Crippen LogP contribution < -0.4 is 14.4 Å². The average molecular weight is 504 g/mol. The Morgan fingerprint density at radius 1 is 0.611 bits per heavy atom. The van der Waals surface area contributed by atoms with Gasteiger partial charge in [-0.05, 0) is 12.8 Å². The number of carbonyl (C=O) groups is 2. The number of hydrogen-bond acceptors (Lipinski definition) is 6. The number of morpholine rings is 1. The molecule has 1 aromatic carbocycles. The number of rotatable bonds is 21. The highest BCUT2D eigenvalue weighted by Gasteiger charge is 2.25. The van der Waals surface area contributed by atoms with E-state index in [-0.39, 0.29) is 13.1 Å². The van der Waals surface area contributed by atoms with Crippen molar-refractivity contribution in [2.24, 2.45) is 0 Å². The molecule has 0 aromatic heterocycles. The first-order chi connectivity index (χ1) is 17.6. The lowest BCUT2D eigenvalue weighted by Gasteiger charge is -2.27. The monoisotopic (exact) mass is 503 g/mol. The molecule has 36 heavy (non-hydrogen) atoms. The van der Waals surface area contributed by atoms with E-state index in [1.165, 1.54) is 89.9 Å². The highest BCUT2D eigenvalue weighted by molar-refractivity contribution is 5.94. The molecule has 2 rings (SSSR count). The minimum Gasteiger partial charge on any atom is -0.493 e. The molecule has 1 aliphatic heterocycles. The van der Waals surface area contributed by atoms with E-state index in [4.69, 9.17) is 9.47 Å². The van der Waals surface area contributed by atoms with E-state index in [1.807, 2.05) is 18.2 Å². The van der Waals surface area contributed by atoms with E-state index < -0.39 is 11.9 Å². The molecular formula is C30H49NO5. The zero-order valence-corrected chi connectivity index (χ0v) is 22.9. The Morgan fingerprint density at radius 2 is 1.00 bits per heavy atom. The van der Waals surface area contributed by atoms with Crippen LogP contribution in [0.1, 0.15) is 117 Å². The van der Waals surface area contributed by atoms with Crippen LogP contribution in [0, 0.1) is 0 Å². The molecule has 0 atom stereocenters. The van der Waals surface area contributed by atoms with Crippen LogP contribution in [0.4, 0.5) is 5.69 Å². The third-order valence-electron chi connectivity index (χ3n) is 6.63. The molecule has 0 N–H and O–H groups in total. The highest BCUT2D eigenvalue weighted by atomic mass is 16.6. The van der Waals surface area contributed by atoms with Crippen molar-refractivity contribution in [2.45, 2.75) is 117 Å². The molecule has 0 radical (unpaired) electrons. The summed E-state index contributed by atoms with van der Waals surface area (Å²) in [5, 5.41) is 0. The maximum absolute atomic E-state index is 11.8. The Labute approximate surface area is 219 Å². The minimum atomic E-state index is -0.530. The number of unbranched alkanes of at least 4 members (excludes halogenated alkanes) is 14. The van der Waals surface area contributed by atoms with Crippen molar-refractivity contribution >= 4 is 17.6 Å². The molecular weight excluding hydrogens is 454 g/mol. The van der Waals surface area contributed by atoms with Crippen LogP contribution >= 0.6 is 0 Å². The number of nitrogens with zero attached hydrogens (tertiary/aromatic N) is 1. The summed E-state index contributed by atoms with van der Waals surface area (Å²) in [5.41, 5.74) is 0.749. The third-order valence-corrected chi connectivity index (χ3v) is 6.63. The summed E-state index contributed by atoms with van der Waals surface area (Å²) >= 11 is 0. The normalized spacial score (nSPS) is 13.7. The van der Waals surface area contributed by atoms with Gasteiger partial charge in [0, 0.05) is 23.9 Å². The van der Waals surface area contributed by atoms with Gasteiger partial charge in [0.2, 0.25) is 0 Å². The lowest BCUT2D eigenvalue weighted by Crippen LogP contribution is -2.42. The van der Waals surface area contributed by atoms with Crippen LogP contribution in [0.5, 0.6) is 11.5 Å². The van der Waals surface area contributed by atoms with E-state index in [2.05, 4.69) is 18.6 Å². The van der Waals surface area contributed by atoms with Gasteiger partial charge in [0.1, 0.15) is 24.6 Å². The van der Waals surface area contributed by atoms with Gasteiger partial charge < -0.3 is 19.1 Å². The standard InChI is InChI=1S/C30H49NO5/c1-3-5-7-9-11-13-15-17-19-34-27-21-26(31-24-29(32)36-30(33)25-31)22-28(23-27)35-20-18-16-14-12-10-8-6-4-2/h21-23H,3-20,24-25H2,1-2H3. The maximum Gasteiger partial charge on any atom is 0.333 e. The molecule has 1 aromatic rings. The fraction of sp³-hybridized carbons (Fsp3) is 0.733. The number of anilines is 1. The molecule has 0 saturated carbocycles. The molecule has 1 saturated heterocycles. The number of cyclic esters (lactones) is 2. The Kier molecular flexibility index (Phi) is 15.8. The molecule has 204 valence electrons. The Morgan fingerprint density at radius 3 is 1.42 bits per heavy atom. The Balaban J connectivity index is 1.82. The Hall–Kier alpha value is -2.24. The van der Waals surface area contributed by atoms with Crippen molar-refractivity contribution in [3.8, 4) is 11.5 Å². The number of hydrogen-bond donors (Lipinski definition) is 0. The third kappa shape index (κ3) is 13.2. The molecule has 0 bridgehead atoms. The summed E-state index contributed by atoms with van der Waals surface area (Å²) in [7, 11) is 0. The fourth-order valence-corrected chi connectivity index (χ4v) is 4.50. The van der Waals surface area contributed by atoms with Gasteiger partial charge in [-0.25, -0.2) is 9.59 Å². The van der Waals surface area contributed by atoms with Crippen LogP contribution in [0.15, 0.2) is 18.2 Å². The van der Waals surface area contributed by atoms with Crippen molar-refractivity contribution in [2.75, 3.05) is 31.2 Å². The van der Waals surface area contributed by atoms with Gasteiger partial charge in [0.05, 0.1) is 13.2 Å². The van der Waals surface area contributed by atoms with Gasteiger partial charge in [-0.15, -0.1) is 0 Å². The van der Waals surface area contributed by atoms with Crippen LogP contribution in [0.3, 0.4) is 0 Å². The first-order valence-electron chi connectivity index (χ1n) is 14.5. The number of benzene rings is 1. The molecule has 0 aliphatic carbocycles. The van der Waals surface area contributed by atoms with E-state index in [9.17, 15) is 9.59 Å². The van der Waals surface area contributed by atoms with Gasteiger partial charge in [-0.2, -0.15) is 0 Å². The van der Waals surface area contributed by atoms with E-state index in [0.717, 1.165) is 18.5 Å². The van der Waals surface area contributed by atoms with Crippen LogP contribution in [0.25, 0.3) is 0 Å². The maximum atomic E-state index is 11.8. The molecule has 1 heterocycles. The number of carbonyl (C=O) groups excluding carboxylic acids is 2. The van der Waals surface area contributed by atoms with Crippen molar-refractivity contribution < 1.29 is 23.8 Å². The first kappa shape index (κ1) is 30.0. The molecule has 0 amide bonds. The van der Waals surface area contributed by atoms with Crippen LogP contribution in [-0.4, -0.2) is 38.2 Å². The summed E-state index contributed by atoms with van der Waals surface area (Å²) in [6, 6.07) is 5.70. The summed E-state index contributed by atoms with van der Waals surface area (Å²) < 4.78 is 16.8. The first-order valence-corrected chi connectivity index (χ1v) is 14.5. The second-order valence-corrected chi connectivity index (χ2v) is 10.0. The summed E-state index contributed by atoms with van der Waals surface area (Å²) in [4.78, 5) is 25.3. The predicted molar refractivity (Wildman–Crippen MR) is 146 cm³/mol. The van der Waals surface area contributed by atoms with Crippen LogP contribution in [-0.2, 0) is 14.3 Å². The second-order valence-electron chi connectivity index (χ2n) is 10.0. The summed E-state index contributed by atoms with van der Waals surface area (Å²) in [6.07, 6.45) is 20.0. The SMILES string of the molecule is CCCCCCCCCCOc1cc(OCCCCCCCCCC)cc(N2CC(=O)OC(=O)C2)c1. The number of ether oxygens (including phenoxy) is 3. The van der Waals surface area contributed by atoms with Crippen molar-refractivity contribution in [3.05, 3.63) is 18.2 Å². The van der Waals surface area contributed by atoms with Gasteiger partial charge in [-0.1, -0.05) is 104 Å².